The largest absolute Gasteiger partial charge is 0.0651 e. The van der Waals surface area contributed by atoms with Crippen molar-refractivity contribution < 1.29 is 0 Å². The zero-order chi connectivity index (χ0) is 9.84. The SMILES string of the molecule is CCCc1cc(C)c(CC)cc1C. The summed E-state index contributed by atoms with van der Waals surface area (Å²) in [7, 11) is 0. The molecule has 0 aromatic heterocycles. The summed E-state index contributed by atoms with van der Waals surface area (Å²) in [5.74, 6) is 0. The predicted octanol–water partition coefficient (Wildman–Crippen LogP) is 3.82. The molecule has 13 heavy (non-hydrogen) atoms. The van der Waals surface area contributed by atoms with E-state index < -0.39 is 0 Å². The molecule has 72 valence electrons. The fourth-order valence-electron chi connectivity index (χ4n) is 1.86. The predicted molar refractivity (Wildman–Crippen MR) is 59.3 cm³/mol. The highest BCUT2D eigenvalue weighted by atomic mass is 14.1. The van der Waals surface area contributed by atoms with Gasteiger partial charge in [0, 0.05) is 0 Å². The van der Waals surface area contributed by atoms with Crippen LogP contribution in [-0.2, 0) is 12.8 Å². The summed E-state index contributed by atoms with van der Waals surface area (Å²) >= 11 is 0. The van der Waals surface area contributed by atoms with E-state index in [4.69, 9.17) is 0 Å². The van der Waals surface area contributed by atoms with Gasteiger partial charge in [-0.25, -0.2) is 0 Å². The standard InChI is InChI=1S/C13H20/c1-5-7-13-9-10(3)12(6-2)8-11(13)4/h8-9H,5-7H2,1-4H3. The second-order valence-corrected chi connectivity index (χ2v) is 3.81. The highest BCUT2D eigenvalue weighted by molar-refractivity contribution is 5.37. The zero-order valence-electron chi connectivity index (χ0n) is 9.28. The van der Waals surface area contributed by atoms with Crippen LogP contribution in [0.1, 0.15) is 42.5 Å². The van der Waals surface area contributed by atoms with Gasteiger partial charge in [0.25, 0.3) is 0 Å². The molecule has 0 atom stereocenters. The summed E-state index contributed by atoms with van der Waals surface area (Å²) in [4.78, 5) is 0. The van der Waals surface area contributed by atoms with Crippen LogP contribution in [0.4, 0.5) is 0 Å². The van der Waals surface area contributed by atoms with Gasteiger partial charge in [0.05, 0.1) is 0 Å². The number of hydrogen-bond acceptors (Lipinski definition) is 0. The maximum absolute atomic E-state index is 2.36. The van der Waals surface area contributed by atoms with Crippen LogP contribution in [0.25, 0.3) is 0 Å². The lowest BCUT2D eigenvalue weighted by atomic mass is 9.96. The van der Waals surface area contributed by atoms with Crippen molar-refractivity contribution in [3.8, 4) is 0 Å². The summed E-state index contributed by atoms with van der Waals surface area (Å²) in [5, 5.41) is 0. The first-order valence-corrected chi connectivity index (χ1v) is 5.28. The van der Waals surface area contributed by atoms with E-state index in [2.05, 4.69) is 39.8 Å². The first-order valence-electron chi connectivity index (χ1n) is 5.28. The molecule has 0 bridgehead atoms. The monoisotopic (exact) mass is 176 g/mol. The third-order valence-corrected chi connectivity index (χ3v) is 2.69. The molecule has 0 saturated heterocycles. The highest BCUT2D eigenvalue weighted by Crippen LogP contribution is 2.17. The minimum Gasteiger partial charge on any atom is -0.0651 e. The molecule has 1 aromatic rings. The molecule has 0 N–H and O–H groups in total. The minimum atomic E-state index is 1.15. The van der Waals surface area contributed by atoms with Crippen molar-refractivity contribution in [1.29, 1.82) is 0 Å². The molecule has 0 unspecified atom stereocenters. The fraction of sp³-hybridized carbons (Fsp3) is 0.538. The van der Waals surface area contributed by atoms with E-state index in [0.29, 0.717) is 0 Å². The van der Waals surface area contributed by atoms with Crippen LogP contribution in [0, 0.1) is 13.8 Å². The van der Waals surface area contributed by atoms with E-state index in [9.17, 15) is 0 Å². The molecule has 0 nitrogen and oxygen atoms in total. The smallest absolute Gasteiger partial charge is 0.0279 e. The Hall–Kier alpha value is -0.780. The van der Waals surface area contributed by atoms with Gasteiger partial charge in [0.15, 0.2) is 0 Å². The highest BCUT2D eigenvalue weighted by Gasteiger charge is 2.01. The van der Waals surface area contributed by atoms with Crippen molar-refractivity contribution in [2.24, 2.45) is 0 Å². The van der Waals surface area contributed by atoms with E-state index in [-0.39, 0.29) is 0 Å². The average molecular weight is 176 g/mol. The number of aryl methyl sites for hydroxylation is 4. The molecule has 0 amide bonds. The molecule has 0 spiro atoms. The Morgan fingerprint density at radius 2 is 1.46 bits per heavy atom. The first kappa shape index (κ1) is 10.3. The molecule has 0 heteroatoms. The number of rotatable bonds is 3. The third-order valence-electron chi connectivity index (χ3n) is 2.69. The molecule has 0 saturated carbocycles. The Morgan fingerprint density at radius 1 is 0.923 bits per heavy atom. The van der Waals surface area contributed by atoms with Gasteiger partial charge in [-0.15, -0.1) is 0 Å². The van der Waals surface area contributed by atoms with Gasteiger partial charge in [-0.1, -0.05) is 32.4 Å². The average Bonchev–Trinajstić information content (AvgIpc) is 2.11. The zero-order valence-corrected chi connectivity index (χ0v) is 9.28. The van der Waals surface area contributed by atoms with E-state index in [1.54, 1.807) is 0 Å². The van der Waals surface area contributed by atoms with Crippen LogP contribution >= 0.6 is 0 Å². The van der Waals surface area contributed by atoms with E-state index in [1.807, 2.05) is 0 Å². The molecule has 1 rings (SSSR count). The Morgan fingerprint density at radius 3 is 2.00 bits per heavy atom. The first-order chi connectivity index (χ1) is 6.19. The lowest BCUT2D eigenvalue weighted by Crippen LogP contribution is -1.94. The lowest BCUT2D eigenvalue weighted by Gasteiger charge is -2.10. The summed E-state index contributed by atoms with van der Waals surface area (Å²) in [6.07, 6.45) is 3.61. The molecular formula is C13H20. The van der Waals surface area contributed by atoms with Crippen LogP contribution in [-0.4, -0.2) is 0 Å². The van der Waals surface area contributed by atoms with Gasteiger partial charge in [0.2, 0.25) is 0 Å². The van der Waals surface area contributed by atoms with Crippen molar-refractivity contribution in [2.45, 2.75) is 47.0 Å². The number of benzene rings is 1. The van der Waals surface area contributed by atoms with Gasteiger partial charge in [-0.05, 0) is 48.9 Å². The second kappa shape index (κ2) is 4.45. The minimum absolute atomic E-state index is 1.15. The Labute approximate surface area is 82.0 Å². The summed E-state index contributed by atoms with van der Waals surface area (Å²) in [6.45, 7) is 8.91. The van der Waals surface area contributed by atoms with E-state index in [0.717, 1.165) is 6.42 Å². The van der Waals surface area contributed by atoms with Crippen LogP contribution in [0.5, 0.6) is 0 Å². The van der Waals surface area contributed by atoms with Gasteiger partial charge < -0.3 is 0 Å². The second-order valence-electron chi connectivity index (χ2n) is 3.81. The summed E-state index contributed by atoms with van der Waals surface area (Å²) in [5.41, 5.74) is 5.94. The van der Waals surface area contributed by atoms with Crippen LogP contribution in [0.2, 0.25) is 0 Å². The van der Waals surface area contributed by atoms with Gasteiger partial charge in [-0.2, -0.15) is 0 Å². The number of hydrogen-bond donors (Lipinski definition) is 0. The molecule has 0 aliphatic carbocycles. The van der Waals surface area contributed by atoms with Gasteiger partial charge in [0.1, 0.15) is 0 Å². The quantitative estimate of drug-likeness (QED) is 0.657. The third kappa shape index (κ3) is 2.33. The van der Waals surface area contributed by atoms with Crippen LogP contribution < -0.4 is 0 Å². The molecule has 1 aromatic carbocycles. The topological polar surface area (TPSA) is 0 Å². The van der Waals surface area contributed by atoms with Crippen molar-refractivity contribution in [3.63, 3.8) is 0 Å². The molecule has 0 fully saturated rings. The van der Waals surface area contributed by atoms with Gasteiger partial charge in [-0.3, -0.25) is 0 Å². The summed E-state index contributed by atoms with van der Waals surface area (Å²) in [6, 6.07) is 4.71. The fourth-order valence-corrected chi connectivity index (χ4v) is 1.86. The van der Waals surface area contributed by atoms with Crippen LogP contribution in [0.3, 0.4) is 0 Å². The lowest BCUT2D eigenvalue weighted by molar-refractivity contribution is 0.907. The Bertz CT molecular complexity index is 284. The maximum atomic E-state index is 2.36. The maximum Gasteiger partial charge on any atom is -0.0279 e. The molecular weight excluding hydrogens is 156 g/mol. The van der Waals surface area contributed by atoms with Crippen molar-refractivity contribution in [2.75, 3.05) is 0 Å². The van der Waals surface area contributed by atoms with E-state index >= 15 is 0 Å². The summed E-state index contributed by atoms with van der Waals surface area (Å²) < 4.78 is 0. The Kier molecular flexibility index (Phi) is 3.53. The normalized spacial score (nSPS) is 10.5. The molecule has 0 aliphatic rings. The van der Waals surface area contributed by atoms with Crippen molar-refractivity contribution in [3.05, 3.63) is 34.4 Å². The molecule has 0 aliphatic heterocycles. The van der Waals surface area contributed by atoms with Gasteiger partial charge >= 0.3 is 0 Å². The van der Waals surface area contributed by atoms with Crippen LogP contribution in [0.15, 0.2) is 12.1 Å². The van der Waals surface area contributed by atoms with E-state index in [1.165, 1.54) is 35.1 Å². The van der Waals surface area contributed by atoms with Crippen molar-refractivity contribution in [1.82, 2.24) is 0 Å². The van der Waals surface area contributed by atoms with Crippen molar-refractivity contribution >= 4 is 0 Å². The Balaban J connectivity index is 3.05. The molecule has 0 radical (unpaired) electrons. The molecule has 0 heterocycles.